The molecule has 0 aliphatic heterocycles. The fourth-order valence-electron chi connectivity index (χ4n) is 9.55. The number of nitrogens with zero attached hydrogens (tertiary/aromatic N) is 3. The second-order valence-electron chi connectivity index (χ2n) is 17.6. The molecule has 9 nitrogen and oxygen atoms in total. The quantitative estimate of drug-likeness (QED) is 0.169. The molecular formula is C48H75N3O6. The lowest BCUT2D eigenvalue weighted by Crippen LogP contribution is -2.43. The largest absolute Gasteiger partial charge is 0.497 e. The number of rotatable bonds is 12. The first-order valence-corrected chi connectivity index (χ1v) is 21.2. The Kier molecular flexibility index (Phi) is 17.7. The lowest BCUT2D eigenvalue weighted by molar-refractivity contribution is -0.0621. The summed E-state index contributed by atoms with van der Waals surface area (Å²) in [6, 6.07) is 23.7. The Hall–Kier alpha value is -3.18. The van der Waals surface area contributed by atoms with E-state index in [4.69, 9.17) is 14.2 Å². The van der Waals surface area contributed by atoms with Crippen LogP contribution in [0.5, 0.6) is 17.2 Å². The molecule has 0 aromatic heterocycles. The summed E-state index contributed by atoms with van der Waals surface area (Å²) in [7, 11) is 17.4. The molecule has 3 aromatic carbocycles. The molecule has 6 atom stereocenters. The van der Waals surface area contributed by atoms with Gasteiger partial charge in [-0.05, 0) is 134 Å². The van der Waals surface area contributed by atoms with Gasteiger partial charge in [-0.25, -0.2) is 0 Å². The summed E-state index contributed by atoms with van der Waals surface area (Å²) >= 11 is 0. The van der Waals surface area contributed by atoms with Gasteiger partial charge in [-0.1, -0.05) is 74.9 Å². The zero-order chi connectivity index (χ0) is 41.6. The number of aliphatic hydroxyl groups is 3. The van der Waals surface area contributed by atoms with Crippen molar-refractivity contribution in [1.82, 2.24) is 14.7 Å². The van der Waals surface area contributed by atoms with Crippen molar-refractivity contribution in [3.05, 3.63) is 89.5 Å². The Morgan fingerprint density at radius 3 is 0.947 bits per heavy atom. The van der Waals surface area contributed by atoms with Gasteiger partial charge in [-0.15, -0.1) is 0 Å². The van der Waals surface area contributed by atoms with Crippen molar-refractivity contribution in [2.45, 2.75) is 93.9 Å². The van der Waals surface area contributed by atoms with E-state index < -0.39 is 16.8 Å². The molecule has 9 heteroatoms. The van der Waals surface area contributed by atoms with Gasteiger partial charge in [0.05, 0.1) is 38.1 Å². The van der Waals surface area contributed by atoms with E-state index in [1.165, 1.54) is 19.3 Å². The summed E-state index contributed by atoms with van der Waals surface area (Å²) in [5, 5.41) is 33.6. The predicted octanol–water partition coefficient (Wildman–Crippen LogP) is 7.90. The third kappa shape index (κ3) is 12.4. The van der Waals surface area contributed by atoms with Crippen LogP contribution in [0.25, 0.3) is 0 Å². The maximum atomic E-state index is 11.2. The minimum Gasteiger partial charge on any atom is -0.497 e. The molecule has 0 saturated heterocycles. The average molecular weight is 790 g/mol. The Labute approximate surface area is 344 Å². The summed E-state index contributed by atoms with van der Waals surface area (Å²) in [4.78, 5) is 6.50. The SMILES string of the molecule is COc1cccc([C@@]2(O)CCCC[C@@H]2CN(C)C)c1.COc1cccc([C@@]2(O)CCCC[C@@H]2CN(C)C)c1.COc1cccc([C@]2(O)CCCC[C@H]2CN(C)C)c1. The van der Waals surface area contributed by atoms with Crippen molar-refractivity contribution in [3.8, 4) is 17.2 Å². The molecule has 3 N–H and O–H groups in total. The first kappa shape index (κ1) is 46.5. The second-order valence-corrected chi connectivity index (χ2v) is 17.6. The van der Waals surface area contributed by atoms with Crippen LogP contribution in [0, 0.1) is 17.8 Å². The van der Waals surface area contributed by atoms with Gasteiger partial charge in [0.1, 0.15) is 17.2 Å². The summed E-state index contributed by atoms with van der Waals surface area (Å²) in [5.74, 6) is 3.34. The molecule has 3 saturated carbocycles. The van der Waals surface area contributed by atoms with Gasteiger partial charge in [-0.2, -0.15) is 0 Å². The maximum absolute atomic E-state index is 11.2. The Bertz CT molecular complexity index is 1450. The molecule has 0 spiro atoms. The van der Waals surface area contributed by atoms with Gasteiger partial charge >= 0.3 is 0 Å². The minimum absolute atomic E-state index is 0.295. The van der Waals surface area contributed by atoms with E-state index in [-0.39, 0.29) is 0 Å². The van der Waals surface area contributed by atoms with E-state index in [9.17, 15) is 15.3 Å². The van der Waals surface area contributed by atoms with Gasteiger partial charge in [0.15, 0.2) is 0 Å². The van der Waals surface area contributed by atoms with Crippen LogP contribution < -0.4 is 14.2 Å². The molecular weight excluding hydrogens is 715 g/mol. The predicted molar refractivity (Wildman–Crippen MR) is 232 cm³/mol. The van der Waals surface area contributed by atoms with Crippen LogP contribution >= 0.6 is 0 Å². The molecule has 0 bridgehead atoms. The third-order valence-corrected chi connectivity index (χ3v) is 12.6. The van der Waals surface area contributed by atoms with E-state index in [0.717, 1.165) is 111 Å². The Morgan fingerprint density at radius 1 is 0.456 bits per heavy atom. The normalized spacial score (nSPS) is 27.5. The van der Waals surface area contributed by atoms with Gasteiger partial charge in [-0.3, -0.25) is 0 Å². The number of hydrogen-bond donors (Lipinski definition) is 3. The first-order chi connectivity index (χ1) is 27.2. The van der Waals surface area contributed by atoms with Gasteiger partial charge in [0, 0.05) is 37.4 Å². The number of methoxy groups -OCH3 is 3. The summed E-state index contributed by atoms with van der Waals surface area (Å²) in [6.07, 6.45) is 12.7. The standard InChI is InChI=1S/3C16H25NO2/c3*1-17(2)12-14-7-4-5-10-16(14,18)13-8-6-9-15(11-13)19-3/h3*6,8-9,11,14,18H,4-5,7,10,12H2,1-3H3/t3*14-,16+/m110/s1. The monoisotopic (exact) mass is 790 g/mol. The molecule has 3 aromatic rings. The van der Waals surface area contributed by atoms with E-state index in [1.54, 1.807) is 21.3 Å². The molecule has 3 aliphatic carbocycles. The molecule has 57 heavy (non-hydrogen) atoms. The molecule has 3 fully saturated rings. The van der Waals surface area contributed by atoms with Crippen molar-refractivity contribution >= 4 is 0 Å². The van der Waals surface area contributed by atoms with Crippen LogP contribution in [0.4, 0.5) is 0 Å². The first-order valence-electron chi connectivity index (χ1n) is 21.2. The van der Waals surface area contributed by atoms with Crippen molar-refractivity contribution in [2.75, 3.05) is 83.2 Å². The van der Waals surface area contributed by atoms with Crippen LogP contribution in [0.1, 0.15) is 93.7 Å². The van der Waals surface area contributed by atoms with Gasteiger partial charge < -0.3 is 44.2 Å². The van der Waals surface area contributed by atoms with E-state index in [0.29, 0.717) is 17.8 Å². The van der Waals surface area contributed by atoms with Gasteiger partial charge in [0.2, 0.25) is 0 Å². The van der Waals surface area contributed by atoms with E-state index in [1.807, 2.05) is 72.8 Å². The molecule has 318 valence electrons. The van der Waals surface area contributed by atoms with Crippen LogP contribution in [0.15, 0.2) is 72.8 Å². The highest BCUT2D eigenvalue weighted by molar-refractivity contribution is 5.35. The van der Waals surface area contributed by atoms with Crippen LogP contribution in [-0.4, -0.2) is 113 Å². The smallest absolute Gasteiger partial charge is 0.119 e. The maximum Gasteiger partial charge on any atom is 0.119 e. The Balaban J connectivity index is 0.000000189. The molecule has 0 amide bonds. The fraction of sp³-hybridized carbons (Fsp3) is 0.625. The van der Waals surface area contributed by atoms with Gasteiger partial charge in [0.25, 0.3) is 0 Å². The number of benzene rings is 3. The van der Waals surface area contributed by atoms with Crippen LogP contribution in [0.2, 0.25) is 0 Å². The summed E-state index contributed by atoms with van der Waals surface area (Å²) < 4.78 is 15.9. The topological polar surface area (TPSA) is 98.1 Å². The molecule has 0 unspecified atom stereocenters. The summed E-state index contributed by atoms with van der Waals surface area (Å²) in [6.45, 7) is 2.77. The van der Waals surface area contributed by atoms with Crippen molar-refractivity contribution in [1.29, 1.82) is 0 Å². The number of hydrogen-bond acceptors (Lipinski definition) is 9. The average Bonchev–Trinajstić information content (AvgIpc) is 3.20. The molecule has 0 heterocycles. The lowest BCUT2D eigenvalue weighted by Gasteiger charge is -2.41. The minimum atomic E-state index is -0.711. The third-order valence-electron chi connectivity index (χ3n) is 12.6. The van der Waals surface area contributed by atoms with Crippen molar-refractivity contribution in [3.63, 3.8) is 0 Å². The van der Waals surface area contributed by atoms with E-state index in [2.05, 4.69) is 57.0 Å². The van der Waals surface area contributed by atoms with Crippen LogP contribution in [0.3, 0.4) is 0 Å². The highest BCUT2D eigenvalue weighted by atomic mass is 16.5. The zero-order valence-electron chi connectivity index (χ0n) is 36.7. The molecule has 3 aliphatic rings. The second kappa shape index (κ2) is 21.7. The zero-order valence-corrected chi connectivity index (χ0v) is 36.7. The van der Waals surface area contributed by atoms with E-state index >= 15 is 0 Å². The molecule has 0 radical (unpaired) electrons. The Morgan fingerprint density at radius 2 is 0.719 bits per heavy atom. The highest BCUT2D eigenvalue weighted by Crippen LogP contribution is 2.45. The fourth-order valence-corrected chi connectivity index (χ4v) is 9.55. The highest BCUT2D eigenvalue weighted by Gasteiger charge is 2.42. The lowest BCUT2D eigenvalue weighted by atomic mass is 9.71. The van der Waals surface area contributed by atoms with Crippen molar-refractivity contribution < 1.29 is 29.5 Å². The van der Waals surface area contributed by atoms with Crippen molar-refractivity contribution in [2.24, 2.45) is 17.8 Å². The summed E-state index contributed by atoms with van der Waals surface area (Å²) in [5.41, 5.74) is 0.862. The van der Waals surface area contributed by atoms with Crippen LogP contribution in [-0.2, 0) is 16.8 Å². The molecule has 6 rings (SSSR count). The number of ether oxygens (including phenoxy) is 3.